The number of hydrogen-bond donors (Lipinski definition) is 1. The second-order valence-electron chi connectivity index (χ2n) is 6.57. The highest BCUT2D eigenvalue weighted by Gasteiger charge is 2.18. The van der Waals surface area contributed by atoms with Crippen molar-refractivity contribution in [1.82, 2.24) is 0 Å². The summed E-state index contributed by atoms with van der Waals surface area (Å²) in [7, 11) is 0. The Kier molecular flexibility index (Phi) is 10.1. The molecule has 172 valence electrons. The van der Waals surface area contributed by atoms with Crippen LogP contribution < -0.4 is 0 Å². The van der Waals surface area contributed by atoms with E-state index in [4.69, 9.17) is 14.2 Å². The van der Waals surface area contributed by atoms with E-state index < -0.39 is 17.9 Å². The van der Waals surface area contributed by atoms with Crippen molar-refractivity contribution in [3.63, 3.8) is 0 Å². The number of carbonyl (C=O) groups is 3. The minimum atomic E-state index is -0.521. The molecule has 3 aromatic rings. The van der Waals surface area contributed by atoms with Crippen LogP contribution in [0.1, 0.15) is 50.5 Å². The summed E-state index contributed by atoms with van der Waals surface area (Å²) in [5.74, 6) is -1.60. The second-order valence-corrected chi connectivity index (χ2v) is 6.57. The zero-order valence-electron chi connectivity index (χ0n) is 18.5. The summed E-state index contributed by atoms with van der Waals surface area (Å²) < 4.78 is 14.8. The lowest BCUT2D eigenvalue weighted by molar-refractivity contribution is 0.0467. The highest BCUT2D eigenvalue weighted by molar-refractivity contribution is 6.03. The lowest BCUT2D eigenvalue weighted by atomic mass is 10.1. The van der Waals surface area contributed by atoms with Crippen LogP contribution in [-0.4, -0.2) is 36.2 Å². The van der Waals surface area contributed by atoms with Gasteiger partial charge in [-0.05, 0) is 43.7 Å². The van der Waals surface area contributed by atoms with Crippen LogP contribution in [0.15, 0.2) is 78.9 Å². The number of aromatic hydroxyl groups is 1. The van der Waals surface area contributed by atoms with E-state index in [0.717, 1.165) is 5.56 Å². The summed E-state index contributed by atoms with van der Waals surface area (Å²) in [6.45, 7) is 4.18. The summed E-state index contributed by atoms with van der Waals surface area (Å²) >= 11 is 0. The normalized spacial score (nSPS) is 9.76. The second kappa shape index (κ2) is 13.3. The number of esters is 3. The molecule has 3 aromatic carbocycles. The van der Waals surface area contributed by atoms with Crippen molar-refractivity contribution in [2.75, 3.05) is 13.2 Å². The first kappa shape index (κ1) is 25.1. The van der Waals surface area contributed by atoms with Crippen LogP contribution >= 0.6 is 0 Å². The van der Waals surface area contributed by atoms with E-state index >= 15 is 0 Å². The van der Waals surface area contributed by atoms with E-state index in [1.54, 1.807) is 50.2 Å². The van der Waals surface area contributed by atoms with E-state index in [2.05, 4.69) is 0 Å². The van der Waals surface area contributed by atoms with E-state index in [1.165, 1.54) is 12.1 Å². The lowest BCUT2D eigenvalue weighted by Crippen LogP contribution is -2.13. The Labute approximate surface area is 192 Å². The van der Waals surface area contributed by atoms with Crippen LogP contribution in [0.2, 0.25) is 0 Å². The smallest absolute Gasteiger partial charge is 0.342 e. The van der Waals surface area contributed by atoms with Gasteiger partial charge in [0.2, 0.25) is 0 Å². The third-order valence-electron chi connectivity index (χ3n) is 4.25. The lowest BCUT2D eigenvalue weighted by Gasteiger charge is -2.07. The minimum absolute atomic E-state index is 0.0643. The van der Waals surface area contributed by atoms with Crippen molar-refractivity contribution in [3.8, 4) is 5.75 Å². The first-order valence-corrected chi connectivity index (χ1v) is 10.4. The van der Waals surface area contributed by atoms with E-state index in [1.807, 2.05) is 30.3 Å². The fourth-order valence-corrected chi connectivity index (χ4v) is 2.70. The molecule has 0 unspecified atom stereocenters. The molecule has 3 rings (SSSR count). The molecule has 33 heavy (non-hydrogen) atoms. The van der Waals surface area contributed by atoms with Crippen LogP contribution in [0.5, 0.6) is 5.75 Å². The van der Waals surface area contributed by atoms with Crippen LogP contribution in [0.4, 0.5) is 0 Å². The third-order valence-corrected chi connectivity index (χ3v) is 4.25. The monoisotopic (exact) mass is 450 g/mol. The topological polar surface area (TPSA) is 99.1 Å². The van der Waals surface area contributed by atoms with Gasteiger partial charge in [0.05, 0.1) is 24.3 Å². The molecule has 0 saturated carbocycles. The molecule has 0 fully saturated rings. The Morgan fingerprint density at radius 2 is 1.03 bits per heavy atom. The van der Waals surface area contributed by atoms with E-state index in [0.29, 0.717) is 0 Å². The summed E-state index contributed by atoms with van der Waals surface area (Å²) in [5.41, 5.74) is 1.57. The molecule has 0 radical (unpaired) electrons. The molecule has 0 heterocycles. The van der Waals surface area contributed by atoms with Crippen molar-refractivity contribution in [1.29, 1.82) is 0 Å². The average molecular weight is 450 g/mol. The van der Waals surface area contributed by atoms with Gasteiger partial charge in [-0.15, -0.1) is 0 Å². The van der Waals surface area contributed by atoms with Gasteiger partial charge in [0.25, 0.3) is 0 Å². The predicted octanol–water partition coefficient (Wildman–Crippen LogP) is 4.79. The number of carbonyl (C=O) groups excluding carboxylic acids is 3. The number of hydrogen-bond acceptors (Lipinski definition) is 7. The van der Waals surface area contributed by atoms with Crippen LogP contribution in [-0.2, 0) is 20.8 Å². The number of rotatable bonds is 7. The highest BCUT2D eigenvalue weighted by Crippen LogP contribution is 2.17. The molecule has 0 amide bonds. The number of ether oxygens (including phenoxy) is 3. The summed E-state index contributed by atoms with van der Waals surface area (Å²) in [5, 5.41) is 9.48. The zero-order valence-corrected chi connectivity index (χ0v) is 18.5. The Morgan fingerprint density at radius 3 is 1.52 bits per heavy atom. The largest absolute Gasteiger partial charge is 0.507 e. The van der Waals surface area contributed by atoms with E-state index in [9.17, 15) is 19.5 Å². The quantitative estimate of drug-likeness (QED) is 0.408. The SMILES string of the molecule is CCOC(=O)c1ccccc1C(=O)OCC.O=C(OCc1ccccc1)c1ccccc1O. The van der Waals surface area contributed by atoms with Gasteiger partial charge < -0.3 is 19.3 Å². The number of para-hydroxylation sites is 1. The zero-order chi connectivity index (χ0) is 24.1. The van der Waals surface area contributed by atoms with Gasteiger partial charge in [-0.3, -0.25) is 0 Å². The maximum Gasteiger partial charge on any atom is 0.342 e. The Morgan fingerprint density at radius 1 is 0.606 bits per heavy atom. The standard InChI is InChI=1S/C14H12O3.C12H14O4/c15-13-9-5-4-8-12(13)14(16)17-10-11-6-2-1-3-7-11;1-3-15-11(13)9-7-5-6-8-10(9)12(14)16-4-2/h1-9,15H,10H2;5-8H,3-4H2,1-2H3. The molecule has 0 aliphatic heterocycles. The maximum atomic E-state index is 11.7. The van der Waals surface area contributed by atoms with Crippen LogP contribution in [0.3, 0.4) is 0 Å². The Balaban J connectivity index is 0.000000234. The molecule has 0 spiro atoms. The van der Waals surface area contributed by atoms with Crippen LogP contribution in [0, 0.1) is 0 Å². The predicted molar refractivity (Wildman–Crippen MR) is 122 cm³/mol. The molecule has 0 atom stereocenters. The van der Waals surface area contributed by atoms with Gasteiger partial charge in [-0.1, -0.05) is 54.6 Å². The number of benzene rings is 3. The summed E-state index contributed by atoms with van der Waals surface area (Å²) in [6, 6.07) is 22.2. The molecule has 7 nitrogen and oxygen atoms in total. The Bertz CT molecular complexity index is 1020. The Hall–Kier alpha value is -4.13. The highest BCUT2D eigenvalue weighted by atomic mass is 16.5. The summed E-state index contributed by atoms with van der Waals surface area (Å²) in [6.07, 6.45) is 0. The minimum Gasteiger partial charge on any atom is -0.507 e. The molecule has 0 saturated heterocycles. The van der Waals surface area contributed by atoms with E-state index in [-0.39, 0.29) is 42.3 Å². The van der Waals surface area contributed by atoms with Crippen molar-refractivity contribution in [3.05, 3.63) is 101 Å². The number of phenols is 1. The van der Waals surface area contributed by atoms with Crippen molar-refractivity contribution < 1.29 is 33.7 Å². The molecule has 0 bridgehead atoms. The van der Waals surface area contributed by atoms with Crippen molar-refractivity contribution in [2.45, 2.75) is 20.5 Å². The molecular weight excluding hydrogens is 424 g/mol. The van der Waals surface area contributed by atoms with Crippen LogP contribution in [0.25, 0.3) is 0 Å². The molecular formula is C26H26O7. The van der Waals surface area contributed by atoms with Crippen molar-refractivity contribution in [2.24, 2.45) is 0 Å². The summed E-state index contributed by atoms with van der Waals surface area (Å²) in [4.78, 5) is 34.7. The molecule has 0 aromatic heterocycles. The fraction of sp³-hybridized carbons (Fsp3) is 0.192. The van der Waals surface area contributed by atoms with Gasteiger partial charge in [0.1, 0.15) is 17.9 Å². The van der Waals surface area contributed by atoms with Gasteiger partial charge in [0.15, 0.2) is 0 Å². The first-order chi connectivity index (χ1) is 16.0. The maximum absolute atomic E-state index is 11.7. The average Bonchev–Trinajstić information content (AvgIpc) is 2.84. The first-order valence-electron chi connectivity index (χ1n) is 10.4. The molecule has 0 aliphatic carbocycles. The number of phenolic OH excluding ortho intramolecular Hbond substituents is 1. The van der Waals surface area contributed by atoms with Crippen molar-refractivity contribution >= 4 is 17.9 Å². The van der Waals surface area contributed by atoms with Gasteiger partial charge in [0, 0.05) is 0 Å². The fourth-order valence-electron chi connectivity index (χ4n) is 2.70. The third kappa shape index (κ3) is 7.81. The van der Waals surface area contributed by atoms with Gasteiger partial charge in [-0.25, -0.2) is 14.4 Å². The molecule has 7 heteroatoms. The molecule has 1 N–H and O–H groups in total. The van der Waals surface area contributed by atoms with Gasteiger partial charge >= 0.3 is 17.9 Å². The van der Waals surface area contributed by atoms with Gasteiger partial charge in [-0.2, -0.15) is 0 Å². The molecule has 0 aliphatic rings.